The summed E-state index contributed by atoms with van der Waals surface area (Å²) in [5, 5.41) is 23.5. The molecule has 2 aromatic rings. The summed E-state index contributed by atoms with van der Waals surface area (Å²) in [5.74, 6) is 0.325. The molecule has 20 heavy (non-hydrogen) atoms. The Morgan fingerprint density at radius 3 is 2.90 bits per heavy atom. The summed E-state index contributed by atoms with van der Waals surface area (Å²) in [6, 6.07) is 3.10. The van der Waals surface area contributed by atoms with Crippen LogP contribution in [0.25, 0.3) is 0 Å². The van der Waals surface area contributed by atoms with Gasteiger partial charge in [-0.15, -0.1) is 11.3 Å². The Labute approximate surface area is 119 Å². The first-order valence-corrected chi connectivity index (χ1v) is 6.67. The van der Waals surface area contributed by atoms with Crippen LogP contribution >= 0.6 is 11.3 Å². The van der Waals surface area contributed by atoms with Gasteiger partial charge in [-0.2, -0.15) is 5.26 Å². The lowest BCUT2D eigenvalue weighted by molar-refractivity contribution is -0.385. The minimum Gasteiger partial charge on any atom is -0.362 e. The highest BCUT2D eigenvalue weighted by molar-refractivity contribution is 7.11. The van der Waals surface area contributed by atoms with Crippen molar-refractivity contribution in [2.75, 3.05) is 5.32 Å². The second-order valence-electron chi connectivity index (χ2n) is 3.89. The van der Waals surface area contributed by atoms with Crippen LogP contribution in [-0.4, -0.2) is 14.9 Å². The number of anilines is 1. The molecule has 2 aromatic heterocycles. The average molecular weight is 289 g/mol. The molecule has 0 amide bonds. The molecule has 2 heterocycles. The monoisotopic (exact) mass is 289 g/mol. The molecule has 0 bridgehead atoms. The van der Waals surface area contributed by atoms with Crippen molar-refractivity contribution in [1.29, 1.82) is 5.26 Å². The standard InChI is InChI=1S/C12H11N5O2S/c1-2-10-6-14-11(20-10)7-16-12-8(4-13)3-9(5-15-12)17(18)19/h3,5-6H,2,7H2,1H3,(H,15,16). The lowest BCUT2D eigenvalue weighted by Gasteiger charge is -2.04. The zero-order valence-electron chi connectivity index (χ0n) is 10.7. The number of thiazole rings is 1. The number of nitro groups is 1. The first kappa shape index (κ1) is 13.9. The SMILES string of the molecule is CCc1cnc(CNc2ncc([N+](=O)[O-])cc2C#N)s1. The molecule has 0 aliphatic heterocycles. The van der Waals surface area contributed by atoms with Crippen molar-refractivity contribution < 1.29 is 4.92 Å². The van der Waals surface area contributed by atoms with Crippen LogP contribution in [0.2, 0.25) is 0 Å². The molecule has 0 fully saturated rings. The van der Waals surface area contributed by atoms with Gasteiger partial charge in [0.1, 0.15) is 28.7 Å². The van der Waals surface area contributed by atoms with Crippen molar-refractivity contribution in [3.8, 4) is 6.07 Å². The zero-order chi connectivity index (χ0) is 14.5. The van der Waals surface area contributed by atoms with Crippen molar-refractivity contribution in [3.05, 3.63) is 44.0 Å². The molecule has 0 aliphatic rings. The van der Waals surface area contributed by atoms with E-state index in [2.05, 4.69) is 22.2 Å². The van der Waals surface area contributed by atoms with E-state index in [9.17, 15) is 10.1 Å². The summed E-state index contributed by atoms with van der Waals surface area (Å²) in [6.45, 7) is 2.49. The van der Waals surface area contributed by atoms with E-state index in [1.807, 2.05) is 12.3 Å². The van der Waals surface area contributed by atoms with Crippen LogP contribution in [-0.2, 0) is 13.0 Å². The Morgan fingerprint density at radius 1 is 1.50 bits per heavy atom. The van der Waals surface area contributed by atoms with Gasteiger partial charge in [-0.05, 0) is 6.42 Å². The smallest absolute Gasteiger partial charge is 0.289 e. The molecule has 0 saturated carbocycles. The quantitative estimate of drug-likeness (QED) is 0.669. The Kier molecular flexibility index (Phi) is 4.22. The van der Waals surface area contributed by atoms with E-state index in [4.69, 9.17) is 5.26 Å². The highest BCUT2D eigenvalue weighted by Gasteiger charge is 2.12. The van der Waals surface area contributed by atoms with Crippen molar-refractivity contribution in [1.82, 2.24) is 9.97 Å². The van der Waals surface area contributed by atoms with Crippen LogP contribution in [0, 0.1) is 21.4 Å². The summed E-state index contributed by atoms with van der Waals surface area (Å²) in [7, 11) is 0. The van der Waals surface area contributed by atoms with Crippen molar-refractivity contribution in [2.24, 2.45) is 0 Å². The summed E-state index contributed by atoms with van der Waals surface area (Å²) >= 11 is 1.58. The van der Waals surface area contributed by atoms with Crippen LogP contribution in [0.3, 0.4) is 0 Å². The van der Waals surface area contributed by atoms with Gasteiger partial charge in [0, 0.05) is 17.1 Å². The number of nitriles is 1. The molecule has 0 radical (unpaired) electrons. The van der Waals surface area contributed by atoms with Crippen molar-refractivity contribution in [3.63, 3.8) is 0 Å². The molecule has 2 rings (SSSR count). The van der Waals surface area contributed by atoms with Gasteiger partial charge in [0.25, 0.3) is 5.69 Å². The summed E-state index contributed by atoms with van der Waals surface area (Å²) in [5.41, 5.74) is -0.0545. The minimum atomic E-state index is -0.577. The topological polar surface area (TPSA) is 105 Å². The largest absolute Gasteiger partial charge is 0.362 e. The van der Waals surface area contributed by atoms with Crippen LogP contribution in [0.5, 0.6) is 0 Å². The number of hydrogen-bond acceptors (Lipinski definition) is 7. The van der Waals surface area contributed by atoms with Gasteiger partial charge in [-0.25, -0.2) is 9.97 Å². The number of nitrogens with one attached hydrogen (secondary N) is 1. The summed E-state index contributed by atoms with van der Waals surface area (Å²) in [4.78, 5) is 19.4. The maximum atomic E-state index is 10.6. The van der Waals surface area contributed by atoms with E-state index in [1.54, 1.807) is 11.3 Å². The molecule has 7 nitrogen and oxygen atoms in total. The number of rotatable bonds is 5. The molecular weight excluding hydrogens is 278 g/mol. The van der Waals surface area contributed by atoms with Gasteiger partial charge in [-0.3, -0.25) is 10.1 Å². The van der Waals surface area contributed by atoms with Crippen LogP contribution in [0.4, 0.5) is 11.5 Å². The highest BCUT2D eigenvalue weighted by atomic mass is 32.1. The number of pyridine rings is 1. The molecule has 0 aliphatic carbocycles. The van der Waals surface area contributed by atoms with Gasteiger partial charge in [0.2, 0.25) is 0 Å². The van der Waals surface area contributed by atoms with E-state index in [-0.39, 0.29) is 11.3 Å². The Balaban J connectivity index is 2.13. The lowest BCUT2D eigenvalue weighted by atomic mass is 10.2. The Morgan fingerprint density at radius 2 is 2.30 bits per heavy atom. The predicted molar refractivity (Wildman–Crippen MR) is 74.4 cm³/mol. The van der Waals surface area contributed by atoms with Crippen LogP contribution < -0.4 is 5.32 Å². The molecule has 0 saturated heterocycles. The number of aryl methyl sites for hydroxylation is 1. The highest BCUT2D eigenvalue weighted by Crippen LogP contribution is 2.20. The molecule has 0 unspecified atom stereocenters. The number of hydrogen-bond donors (Lipinski definition) is 1. The van der Waals surface area contributed by atoms with E-state index >= 15 is 0 Å². The minimum absolute atomic E-state index is 0.145. The number of aromatic nitrogens is 2. The normalized spacial score (nSPS) is 10.0. The fraction of sp³-hybridized carbons (Fsp3) is 0.250. The third-order valence-corrected chi connectivity index (χ3v) is 3.70. The first-order valence-electron chi connectivity index (χ1n) is 5.86. The van der Waals surface area contributed by atoms with E-state index in [0.29, 0.717) is 12.4 Å². The third kappa shape index (κ3) is 3.07. The Bertz CT molecular complexity index is 677. The first-order chi connectivity index (χ1) is 9.63. The molecule has 0 spiro atoms. The summed E-state index contributed by atoms with van der Waals surface area (Å²) in [6.07, 6.45) is 3.87. The molecule has 0 aromatic carbocycles. The van der Waals surface area contributed by atoms with Crippen molar-refractivity contribution in [2.45, 2.75) is 19.9 Å². The second kappa shape index (κ2) is 6.08. The van der Waals surface area contributed by atoms with E-state index in [0.717, 1.165) is 17.6 Å². The maximum absolute atomic E-state index is 10.6. The summed E-state index contributed by atoms with van der Waals surface area (Å²) < 4.78 is 0. The molecule has 102 valence electrons. The Hall–Kier alpha value is -2.53. The molecule has 0 atom stereocenters. The van der Waals surface area contributed by atoms with Gasteiger partial charge in [-0.1, -0.05) is 6.92 Å². The second-order valence-corrected chi connectivity index (χ2v) is 5.09. The third-order valence-electron chi connectivity index (χ3n) is 2.56. The van der Waals surface area contributed by atoms with Crippen LogP contribution in [0.1, 0.15) is 22.4 Å². The maximum Gasteiger partial charge on any atom is 0.289 e. The van der Waals surface area contributed by atoms with Gasteiger partial charge >= 0.3 is 0 Å². The average Bonchev–Trinajstić information content (AvgIpc) is 2.92. The van der Waals surface area contributed by atoms with Gasteiger partial charge in [0.05, 0.1) is 11.5 Å². The predicted octanol–water partition coefficient (Wildman–Crippen LogP) is 2.49. The zero-order valence-corrected chi connectivity index (χ0v) is 11.5. The van der Waals surface area contributed by atoms with E-state index in [1.165, 1.54) is 10.9 Å². The number of nitrogens with zero attached hydrogens (tertiary/aromatic N) is 4. The van der Waals surface area contributed by atoms with Crippen LogP contribution in [0.15, 0.2) is 18.5 Å². The van der Waals surface area contributed by atoms with E-state index < -0.39 is 4.92 Å². The molecule has 1 N–H and O–H groups in total. The van der Waals surface area contributed by atoms with Gasteiger partial charge in [0.15, 0.2) is 0 Å². The fourth-order valence-corrected chi connectivity index (χ4v) is 2.33. The lowest BCUT2D eigenvalue weighted by Crippen LogP contribution is -2.04. The van der Waals surface area contributed by atoms with Gasteiger partial charge < -0.3 is 5.32 Å². The molecular formula is C12H11N5O2S. The van der Waals surface area contributed by atoms with Crippen molar-refractivity contribution >= 4 is 22.8 Å². The molecule has 8 heteroatoms. The fourth-order valence-electron chi connectivity index (χ4n) is 1.53.